The zero-order chi connectivity index (χ0) is 24.2. The number of fused-ring (bicyclic) bond motifs is 3. The lowest BCUT2D eigenvalue weighted by molar-refractivity contribution is -0.143. The number of hydrogen-bond acceptors (Lipinski definition) is 5. The number of aliphatic carboxylic acids is 1. The van der Waals surface area contributed by atoms with Gasteiger partial charge in [0.05, 0.1) is 0 Å². The maximum absolute atomic E-state index is 12.8. The van der Waals surface area contributed by atoms with Gasteiger partial charge in [0.25, 0.3) is 0 Å². The molecule has 0 aromatic heterocycles. The van der Waals surface area contributed by atoms with Crippen molar-refractivity contribution >= 4 is 18.0 Å². The minimum Gasteiger partial charge on any atom is -0.480 e. The Kier molecular flexibility index (Phi) is 7.38. The molecule has 0 fully saturated rings. The molecule has 2 aromatic carbocycles. The van der Waals surface area contributed by atoms with E-state index in [1.54, 1.807) is 20.8 Å². The van der Waals surface area contributed by atoms with Crippen LogP contribution in [-0.4, -0.2) is 53.5 Å². The van der Waals surface area contributed by atoms with E-state index in [0.29, 0.717) is 0 Å². The van der Waals surface area contributed by atoms with Gasteiger partial charge in [-0.25, -0.2) is 9.59 Å². The number of ether oxygens (including phenoxy) is 1. The summed E-state index contributed by atoms with van der Waals surface area (Å²) in [6.07, 6.45) is -0.899. The molecule has 8 nitrogen and oxygen atoms in total. The van der Waals surface area contributed by atoms with Gasteiger partial charge in [-0.1, -0.05) is 69.3 Å². The molecule has 3 rings (SSSR count). The molecule has 8 heteroatoms. The molecule has 4 N–H and O–H groups in total. The van der Waals surface area contributed by atoms with Crippen molar-refractivity contribution < 1.29 is 29.3 Å². The first kappa shape index (κ1) is 24.3. The quantitative estimate of drug-likeness (QED) is 0.486. The molecule has 0 saturated heterocycles. The highest BCUT2D eigenvalue weighted by Crippen LogP contribution is 2.44. The first-order valence-corrected chi connectivity index (χ1v) is 10.9. The molecule has 1 aliphatic rings. The third kappa shape index (κ3) is 5.51. The molecule has 0 spiro atoms. The number of carboxylic acid groups (broad SMARTS) is 1. The highest BCUT2D eigenvalue weighted by Gasteiger charge is 2.36. The smallest absolute Gasteiger partial charge is 0.407 e. The topological polar surface area (TPSA) is 125 Å². The summed E-state index contributed by atoms with van der Waals surface area (Å²) in [5, 5.41) is 23.3. The van der Waals surface area contributed by atoms with Crippen LogP contribution < -0.4 is 10.6 Å². The van der Waals surface area contributed by atoms with E-state index in [1.165, 1.54) is 0 Å². The molecular weight excluding hydrogens is 424 g/mol. The van der Waals surface area contributed by atoms with E-state index in [4.69, 9.17) is 9.84 Å². The fraction of sp³-hybridized carbons (Fsp3) is 0.400. The number of carboxylic acids is 1. The fourth-order valence-corrected chi connectivity index (χ4v) is 4.07. The van der Waals surface area contributed by atoms with Crippen molar-refractivity contribution in [2.45, 2.75) is 45.2 Å². The van der Waals surface area contributed by atoms with E-state index in [9.17, 15) is 19.5 Å². The van der Waals surface area contributed by atoms with E-state index >= 15 is 0 Å². The van der Waals surface area contributed by atoms with Crippen LogP contribution in [0.2, 0.25) is 0 Å². The van der Waals surface area contributed by atoms with Crippen LogP contribution in [0, 0.1) is 5.41 Å². The third-order valence-corrected chi connectivity index (χ3v) is 5.77. The molecule has 1 unspecified atom stereocenters. The highest BCUT2D eigenvalue weighted by molar-refractivity contribution is 5.90. The molecule has 0 radical (unpaired) electrons. The molecule has 0 saturated carbocycles. The van der Waals surface area contributed by atoms with Gasteiger partial charge in [0.15, 0.2) is 0 Å². The third-order valence-electron chi connectivity index (χ3n) is 5.77. The molecule has 0 bridgehead atoms. The summed E-state index contributed by atoms with van der Waals surface area (Å²) in [6.45, 7) is 4.96. The van der Waals surface area contributed by atoms with Gasteiger partial charge in [0, 0.05) is 18.9 Å². The number of alkyl carbamates (subject to hydrolysis) is 1. The monoisotopic (exact) mass is 454 g/mol. The second-order valence-corrected chi connectivity index (χ2v) is 9.18. The Morgan fingerprint density at radius 1 is 0.970 bits per heavy atom. The zero-order valence-electron chi connectivity index (χ0n) is 19.0. The van der Waals surface area contributed by atoms with Crippen LogP contribution in [0.15, 0.2) is 48.5 Å². The van der Waals surface area contributed by atoms with Crippen molar-refractivity contribution in [2.75, 3.05) is 13.2 Å². The summed E-state index contributed by atoms with van der Waals surface area (Å²) in [5.41, 5.74) is 3.66. The number of carbonyl (C=O) groups excluding carboxylic acids is 2. The van der Waals surface area contributed by atoms with Crippen molar-refractivity contribution in [3.8, 4) is 11.1 Å². The molecule has 0 aliphatic heterocycles. The first-order chi connectivity index (χ1) is 15.6. The summed E-state index contributed by atoms with van der Waals surface area (Å²) >= 11 is 0. The normalized spacial score (nSPS) is 14.5. The molecule has 0 heterocycles. The second kappa shape index (κ2) is 10.0. The lowest BCUT2D eigenvalue weighted by Gasteiger charge is -2.31. The first-order valence-electron chi connectivity index (χ1n) is 10.9. The average Bonchev–Trinajstić information content (AvgIpc) is 3.08. The highest BCUT2D eigenvalue weighted by atomic mass is 16.5. The SMILES string of the molecule is CC(C)(C)C(NC(=O)OCC1c2ccccc2-c2ccccc21)C(=O)N[C@H](CCO)C(=O)O. The Bertz CT molecular complexity index is 984. The maximum atomic E-state index is 12.8. The summed E-state index contributed by atoms with van der Waals surface area (Å²) in [5.74, 6) is -2.03. The van der Waals surface area contributed by atoms with Crippen LogP contribution in [0.3, 0.4) is 0 Å². The van der Waals surface area contributed by atoms with Crippen LogP contribution in [0.5, 0.6) is 0 Å². The largest absolute Gasteiger partial charge is 0.480 e. The Morgan fingerprint density at radius 2 is 1.52 bits per heavy atom. The van der Waals surface area contributed by atoms with Crippen LogP contribution in [0.25, 0.3) is 11.1 Å². The second-order valence-electron chi connectivity index (χ2n) is 9.18. The summed E-state index contributed by atoms with van der Waals surface area (Å²) in [4.78, 5) is 36.8. The lowest BCUT2D eigenvalue weighted by atomic mass is 9.86. The fourth-order valence-electron chi connectivity index (χ4n) is 4.07. The van der Waals surface area contributed by atoms with Crippen LogP contribution >= 0.6 is 0 Å². The number of aliphatic hydroxyl groups excluding tert-OH is 1. The molecular formula is C25H30N2O6. The van der Waals surface area contributed by atoms with Crippen molar-refractivity contribution in [2.24, 2.45) is 5.41 Å². The van der Waals surface area contributed by atoms with Gasteiger partial charge in [-0.05, 0) is 27.7 Å². The molecule has 2 aromatic rings. The lowest BCUT2D eigenvalue weighted by Crippen LogP contribution is -2.56. The van der Waals surface area contributed by atoms with Crippen LogP contribution in [0.1, 0.15) is 44.2 Å². The predicted octanol–water partition coefficient (Wildman–Crippen LogP) is 2.89. The van der Waals surface area contributed by atoms with E-state index in [0.717, 1.165) is 22.3 Å². The zero-order valence-corrected chi connectivity index (χ0v) is 19.0. The molecule has 176 valence electrons. The summed E-state index contributed by atoms with van der Waals surface area (Å²) in [6, 6.07) is 13.7. The number of carbonyl (C=O) groups is 3. The Balaban J connectivity index is 1.69. The summed E-state index contributed by atoms with van der Waals surface area (Å²) in [7, 11) is 0. The van der Waals surface area contributed by atoms with Crippen molar-refractivity contribution in [3.05, 3.63) is 59.7 Å². The molecule has 33 heavy (non-hydrogen) atoms. The Morgan fingerprint density at radius 3 is 2.00 bits per heavy atom. The van der Waals surface area contributed by atoms with Gasteiger partial charge < -0.3 is 25.6 Å². The number of aliphatic hydroxyl groups is 1. The van der Waals surface area contributed by atoms with E-state index in [2.05, 4.69) is 10.6 Å². The standard InChI is InChI=1S/C25H30N2O6/c1-25(2,3)21(22(29)26-20(12-13-28)23(30)31)27-24(32)33-14-19-17-10-6-4-8-15(17)16-9-5-7-11-18(16)19/h4-11,19-21,28H,12-14H2,1-3H3,(H,26,29)(H,27,32)(H,30,31)/t20-,21?/m1/s1. The van der Waals surface area contributed by atoms with Gasteiger partial charge in [0.1, 0.15) is 18.7 Å². The number of nitrogens with one attached hydrogen (secondary N) is 2. The maximum Gasteiger partial charge on any atom is 0.407 e. The minimum atomic E-state index is -1.26. The van der Waals surface area contributed by atoms with Crippen molar-refractivity contribution in [1.82, 2.24) is 10.6 Å². The minimum absolute atomic E-state index is 0.0978. The van der Waals surface area contributed by atoms with E-state index in [1.807, 2.05) is 48.5 Å². The average molecular weight is 455 g/mol. The van der Waals surface area contributed by atoms with Gasteiger partial charge in [-0.2, -0.15) is 0 Å². The molecule has 2 amide bonds. The van der Waals surface area contributed by atoms with Gasteiger partial charge in [0.2, 0.25) is 5.91 Å². The number of benzene rings is 2. The van der Waals surface area contributed by atoms with Gasteiger partial charge in [-0.15, -0.1) is 0 Å². The number of hydrogen-bond donors (Lipinski definition) is 4. The van der Waals surface area contributed by atoms with Crippen molar-refractivity contribution in [3.63, 3.8) is 0 Å². The Hall–Kier alpha value is -3.39. The van der Waals surface area contributed by atoms with Gasteiger partial charge >= 0.3 is 12.1 Å². The summed E-state index contributed by atoms with van der Waals surface area (Å²) < 4.78 is 5.53. The van der Waals surface area contributed by atoms with E-state index in [-0.39, 0.29) is 18.9 Å². The Labute approximate surface area is 193 Å². The van der Waals surface area contributed by atoms with Crippen LogP contribution in [0.4, 0.5) is 4.79 Å². The number of rotatable bonds is 8. The molecule has 2 atom stereocenters. The van der Waals surface area contributed by atoms with E-state index < -0.39 is 42.1 Å². The van der Waals surface area contributed by atoms with Crippen molar-refractivity contribution in [1.29, 1.82) is 0 Å². The predicted molar refractivity (Wildman–Crippen MR) is 123 cm³/mol. The number of amides is 2. The van der Waals surface area contributed by atoms with Crippen LogP contribution in [-0.2, 0) is 14.3 Å². The van der Waals surface area contributed by atoms with Gasteiger partial charge in [-0.3, -0.25) is 4.79 Å². The molecule has 1 aliphatic carbocycles.